The van der Waals surface area contributed by atoms with Gasteiger partial charge in [0.05, 0.1) is 0 Å². The summed E-state index contributed by atoms with van der Waals surface area (Å²) in [5.74, 6) is -1.06. The summed E-state index contributed by atoms with van der Waals surface area (Å²) in [6, 6.07) is 0. The van der Waals surface area contributed by atoms with Crippen molar-refractivity contribution in [1.29, 1.82) is 0 Å². The highest BCUT2D eigenvalue weighted by Gasteiger charge is 2.19. The molecule has 354 valence electrons. The summed E-state index contributed by atoms with van der Waals surface area (Å²) < 4.78 is 16.6. The highest BCUT2D eigenvalue weighted by Crippen LogP contribution is 2.10. The normalized spacial score (nSPS) is 13.1. The van der Waals surface area contributed by atoms with Crippen LogP contribution in [0.5, 0.6) is 0 Å². The molecule has 1 atom stereocenters. The third-order valence-electron chi connectivity index (χ3n) is 9.92. The van der Waals surface area contributed by atoms with Gasteiger partial charge in [0.1, 0.15) is 13.2 Å². The molecule has 0 bridgehead atoms. The minimum atomic E-state index is -0.833. The molecule has 63 heavy (non-hydrogen) atoms. The van der Waals surface area contributed by atoms with E-state index in [4.69, 9.17) is 14.2 Å². The van der Waals surface area contributed by atoms with Crippen molar-refractivity contribution < 1.29 is 28.6 Å². The summed E-state index contributed by atoms with van der Waals surface area (Å²) in [6.07, 6.45) is 69.1. The lowest BCUT2D eigenvalue weighted by Gasteiger charge is -2.18. The van der Waals surface area contributed by atoms with Crippen molar-refractivity contribution in [3.63, 3.8) is 0 Å². The zero-order chi connectivity index (χ0) is 45.8. The molecule has 0 heterocycles. The Kier molecular flexibility index (Phi) is 47.1. The molecule has 0 aromatic heterocycles. The van der Waals surface area contributed by atoms with Gasteiger partial charge < -0.3 is 14.2 Å². The topological polar surface area (TPSA) is 78.9 Å². The Balaban J connectivity index is 4.53. The Bertz CT molecular complexity index is 1370. The van der Waals surface area contributed by atoms with Gasteiger partial charge in [-0.2, -0.15) is 0 Å². The predicted octanol–water partition coefficient (Wildman–Crippen LogP) is 16.5. The first kappa shape index (κ1) is 58.8. The van der Waals surface area contributed by atoms with Crippen LogP contribution in [0.25, 0.3) is 0 Å². The number of hydrogen-bond acceptors (Lipinski definition) is 6. The third kappa shape index (κ3) is 48.7. The lowest BCUT2D eigenvalue weighted by molar-refractivity contribution is -0.167. The Morgan fingerprint density at radius 2 is 0.635 bits per heavy atom. The Morgan fingerprint density at radius 3 is 1.05 bits per heavy atom. The number of esters is 3. The van der Waals surface area contributed by atoms with E-state index < -0.39 is 6.10 Å². The number of allylic oxidation sites excluding steroid dienone is 20. The number of ether oxygens (including phenoxy) is 3. The van der Waals surface area contributed by atoms with Crippen molar-refractivity contribution in [2.75, 3.05) is 13.2 Å². The Labute approximate surface area is 386 Å². The van der Waals surface area contributed by atoms with Crippen LogP contribution in [0.2, 0.25) is 0 Å². The van der Waals surface area contributed by atoms with E-state index in [1.165, 1.54) is 51.4 Å². The number of rotatable bonds is 43. The van der Waals surface area contributed by atoms with Crippen LogP contribution in [0.4, 0.5) is 0 Å². The van der Waals surface area contributed by atoms with Gasteiger partial charge in [0.2, 0.25) is 0 Å². The largest absolute Gasteiger partial charge is 0.462 e. The first-order valence-electron chi connectivity index (χ1n) is 25.0. The predicted molar refractivity (Wildman–Crippen MR) is 269 cm³/mol. The maximum atomic E-state index is 12.7. The van der Waals surface area contributed by atoms with E-state index in [2.05, 4.69) is 142 Å². The highest BCUT2D eigenvalue weighted by atomic mass is 16.6. The van der Waals surface area contributed by atoms with Crippen molar-refractivity contribution in [2.24, 2.45) is 0 Å². The zero-order valence-electron chi connectivity index (χ0n) is 40.3. The lowest BCUT2D eigenvalue weighted by Crippen LogP contribution is -2.30. The maximum absolute atomic E-state index is 12.7. The standard InChI is InChI=1S/C57H90O6/c1-4-7-10-13-16-19-21-23-25-27-28-30-31-33-35-38-41-44-47-50-56(59)62-53-54(52-61-55(58)49-46-43-40-37-18-15-12-9-6-3)63-57(60)51-48-45-42-39-36-34-32-29-26-24-22-20-17-14-11-8-5-2/h7,10,16-17,19-20,23-26,28,30,32-35,37,39-40,42,54H,4-6,8-9,11-15,18,21-22,27,29,31,36,38,41,43-53H2,1-3H3/b10-7-,19-16-,20-17-,25-23-,26-24-,30-28-,34-32-,35-33-,40-37-,42-39-. The van der Waals surface area contributed by atoms with Gasteiger partial charge in [-0.25, -0.2) is 0 Å². The van der Waals surface area contributed by atoms with Gasteiger partial charge in [-0.15, -0.1) is 0 Å². The van der Waals surface area contributed by atoms with Crippen LogP contribution in [-0.4, -0.2) is 37.2 Å². The number of carbonyl (C=O) groups excluding carboxylic acids is 3. The molecule has 0 spiro atoms. The van der Waals surface area contributed by atoms with E-state index in [-0.39, 0.29) is 44.0 Å². The van der Waals surface area contributed by atoms with Crippen LogP contribution < -0.4 is 0 Å². The molecule has 0 aliphatic carbocycles. The van der Waals surface area contributed by atoms with E-state index in [0.29, 0.717) is 19.3 Å². The second-order valence-electron chi connectivity index (χ2n) is 16.0. The fourth-order valence-electron chi connectivity index (χ4n) is 6.17. The molecule has 0 N–H and O–H groups in total. The second-order valence-corrected chi connectivity index (χ2v) is 16.0. The first-order valence-corrected chi connectivity index (χ1v) is 25.0. The fraction of sp³-hybridized carbons (Fsp3) is 0.596. The van der Waals surface area contributed by atoms with Crippen LogP contribution >= 0.6 is 0 Å². The number of unbranched alkanes of at least 4 members (excludes halogenated alkanes) is 12. The molecule has 0 radical (unpaired) electrons. The van der Waals surface area contributed by atoms with E-state index in [9.17, 15) is 14.4 Å². The highest BCUT2D eigenvalue weighted by molar-refractivity contribution is 5.71. The monoisotopic (exact) mass is 871 g/mol. The van der Waals surface area contributed by atoms with E-state index >= 15 is 0 Å². The van der Waals surface area contributed by atoms with Gasteiger partial charge in [-0.05, 0) is 122 Å². The van der Waals surface area contributed by atoms with Crippen molar-refractivity contribution in [3.05, 3.63) is 122 Å². The number of hydrogen-bond donors (Lipinski definition) is 0. The van der Waals surface area contributed by atoms with Crippen LogP contribution in [0.15, 0.2) is 122 Å². The molecule has 6 nitrogen and oxygen atoms in total. The average Bonchev–Trinajstić information content (AvgIpc) is 3.28. The van der Waals surface area contributed by atoms with Gasteiger partial charge in [0.15, 0.2) is 6.10 Å². The van der Waals surface area contributed by atoms with E-state index in [1.807, 2.05) is 0 Å². The summed E-state index contributed by atoms with van der Waals surface area (Å²) >= 11 is 0. The number of carbonyl (C=O) groups is 3. The molecule has 0 aromatic rings. The van der Waals surface area contributed by atoms with Gasteiger partial charge in [0, 0.05) is 19.3 Å². The minimum Gasteiger partial charge on any atom is -0.462 e. The quantitative estimate of drug-likeness (QED) is 0.0263. The van der Waals surface area contributed by atoms with Crippen LogP contribution in [0.3, 0.4) is 0 Å². The van der Waals surface area contributed by atoms with Gasteiger partial charge in [-0.3, -0.25) is 14.4 Å². The molecule has 6 heteroatoms. The van der Waals surface area contributed by atoms with Crippen LogP contribution in [-0.2, 0) is 28.6 Å². The summed E-state index contributed by atoms with van der Waals surface area (Å²) in [5, 5.41) is 0. The first-order chi connectivity index (χ1) is 31.0. The zero-order valence-corrected chi connectivity index (χ0v) is 40.3. The van der Waals surface area contributed by atoms with Crippen molar-refractivity contribution in [1.82, 2.24) is 0 Å². The molecule has 0 aliphatic heterocycles. The Hall–Kier alpha value is -4.19. The average molecular weight is 871 g/mol. The molecule has 0 aromatic carbocycles. The molecule has 0 fully saturated rings. The van der Waals surface area contributed by atoms with Crippen LogP contribution in [0, 0.1) is 0 Å². The van der Waals surface area contributed by atoms with Crippen molar-refractivity contribution in [2.45, 2.75) is 207 Å². The summed E-state index contributed by atoms with van der Waals surface area (Å²) in [6.45, 7) is 6.33. The van der Waals surface area contributed by atoms with Crippen LogP contribution in [0.1, 0.15) is 201 Å². The molecule has 0 amide bonds. The van der Waals surface area contributed by atoms with E-state index in [0.717, 1.165) is 96.3 Å². The SMILES string of the molecule is CC/C=C\C/C=C\C/C=C\C/C=C\C/C=C\CCCCCC(=O)OCC(COC(=O)CCC/C=C\CCCCCC)OC(=O)CCC/C=C\C/C=C\C/C=C\C/C=C\CCCCC. The summed E-state index contributed by atoms with van der Waals surface area (Å²) in [5.41, 5.74) is 0. The molecule has 0 rings (SSSR count). The van der Waals surface area contributed by atoms with Gasteiger partial charge >= 0.3 is 17.9 Å². The molecule has 1 unspecified atom stereocenters. The molecular formula is C57H90O6. The molecule has 0 saturated heterocycles. The van der Waals surface area contributed by atoms with E-state index in [1.54, 1.807) is 0 Å². The molecule has 0 aliphatic rings. The van der Waals surface area contributed by atoms with Gasteiger partial charge in [0.25, 0.3) is 0 Å². The second kappa shape index (κ2) is 50.5. The van der Waals surface area contributed by atoms with Gasteiger partial charge in [-0.1, -0.05) is 181 Å². The maximum Gasteiger partial charge on any atom is 0.306 e. The molecule has 0 saturated carbocycles. The minimum absolute atomic E-state index is 0.129. The van der Waals surface area contributed by atoms with Crippen molar-refractivity contribution >= 4 is 17.9 Å². The van der Waals surface area contributed by atoms with Crippen molar-refractivity contribution in [3.8, 4) is 0 Å². The summed E-state index contributed by atoms with van der Waals surface area (Å²) in [7, 11) is 0. The lowest BCUT2D eigenvalue weighted by atomic mass is 10.1. The third-order valence-corrected chi connectivity index (χ3v) is 9.92. The smallest absolute Gasteiger partial charge is 0.306 e. The Morgan fingerprint density at radius 1 is 0.333 bits per heavy atom. The summed E-state index contributed by atoms with van der Waals surface area (Å²) in [4.78, 5) is 37.8. The fourth-order valence-corrected chi connectivity index (χ4v) is 6.17. The molecular weight excluding hydrogens is 781 g/mol.